The monoisotopic (exact) mass is 579 g/mol. The molecule has 1 amide bonds. The van der Waals surface area contributed by atoms with Crippen LogP contribution in [-0.4, -0.2) is 67.4 Å². The quantitative estimate of drug-likeness (QED) is 0.261. The topological polar surface area (TPSA) is 155 Å². The van der Waals surface area contributed by atoms with E-state index in [1.807, 2.05) is 0 Å². The molecule has 2 N–H and O–H groups in total. The fourth-order valence-corrected chi connectivity index (χ4v) is 4.78. The van der Waals surface area contributed by atoms with Crippen LogP contribution in [0.25, 0.3) is 11.2 Å². The van der Waals surface area contributed by atoms with Gasteiger partial charge in [0.25, 0.3) is 5.91 Å². The number of imidazole rings is 1. The number of carbonyl (C=O) groups excluding carboxylic acids is 3. The summed E-state index contributed by atoms with van der Waals surface area (Å²) in [6.45, 7) is -0.539. The van der Waals surface area contributed by atoms with Crippen molar-refractivity contribution in [3.8, 4) is 0 Å². The number of ether oxygens (including phenoxy) is 3. The van der Waals surface area contributed by atoms with Crippen molar-refractivity contribution in [3.05, 3.63) is 120 Å². The van der Waals surface area contributed by atoms with Gasteiger partial charge >= 0.3 is 11.9 Å². The van der Waals surface area contributed by atoms with Gasteiger partial charge in [-0.1, -0.05) is 54.6 Å². The van der Waals surface area contributed by atoms with Gasteiger partial charge in [-0.05, 0) is 36.4 Å². The number of fused-ring (bicyclic) bond motifs is 1. The second kappa shape index (κ2) is 12.2. The lowest BCUT2D eigenvalue weighted by atomic mass is 10.1. The molecule has 216 valence electrons. The molecule has 3 heterocycles. The molecule has 2 aromatic heterocycles. The Morgan fingerprint density at radius 1 is 0.767 bits per heavy atom. The molecular weight excluding hydrogens is 554 g/mol. The van der Waals surface area contributed by atoms with Crippen molar-refractivity contribution in [2.45, 2.75) is 24.5 Å². The molecule has 1 aliphatic heterocycles. The maximum Gasteiger partial charge on any atom is 0.338 e. The van der Waals surface area contributed by atoms with Crippen molar-refractivity contribution < 1.29 is 33.7 Å². The van der Waals surface area contributed by atoms with Crippen LogP contribution in [0.2, 0.25) is 0 Å². The molecule has 0 bridgehead atoms. The van der Waals surface area contributed by atoms with E-state index in [9.17, 15) is 19.5 Å². The number of anilines is 1. The number of nitrogens with zero attached hydrogens (tertiary/aromatic N) is 4. The van der Waals surface area contributed by atoms with Gasteiger partial charge in [0.1, 0.15) is 12.4 Å². The average molecular weight is 580 g/mol. The van der Waals surface area contributed by atoms with Crippen LogP contribution < -0.4 is 5.32 Å². The van der Waals surface area contributed by atoms with E-state index in [2.05, 4.69) is 20.3 Å². The Bertz CT molecular complexity index is 1750. The Balaban J connectivity index is 1.35. The predicted octanol–water partition coefficient (Wildman–Crippen LogP) is 3.42. The molecule has 5 aromatic rings. The van der Waals surface area contributed by atoms with Crippen LogP contribution >= 0.6 is 0 Å². The van der Waals surface area contributed by atoms with E-state index >= 15 is 0 Å². The smallest absolute Gasteiger partial charge is 0.338 e. The lowest BCUT2D eigenvalue weighted by molar-refractivity contribution is -0.0566. The molecule has 1 fully saturated rings. The summed E-state index contributed by atoms with van der Waals surface area (Å²) in [4.78, 5) is 52.0. The SMILES string of the molecule is O=C(Nc1ncnc2c1ncn2[C@@H]1O[C@H](CO)[C@@H](OC(=O)c2ccccc2)[C@@H]1OC(=O)c1ccccc1)c1ccccc1. The van der Waals surface area contributed by atoms with E-state index in [1.54, 1.807) is 91.0 Å². The average Bonchev–Trinajstić information content (AvgIpc) is 3.64. The molecule has 12 heteroatoms. The van der Waals surface area contributed by atoms with Gasteiger partial charge in [0.05, 0.1) is 24.1 Å². The maximum atomic E-state index is 13.2. The highest BCUT2D eigenvalue weighted by molar-refractivity contribution is 6.06. The summed E-state index contributed by atoms with van der Waals surface area (Å²) < 4.78 is 19.3. The highest BCUT2D eigenvalue weighted by atomic mass is 16.6. The molecule has 0 saturated carbocycles. The number of nitrogens with one attached hydrogen (secondary N) is 1. The summed E-state index contributed by atoms with van der Waals surface area (Å²) in [6.07, 6.45) is -1.93. The predicted molar refractivity (Wildman–Crippen MR) is 152 cm³/mol. The molecule has 0 unspecified atom stereocenters. The van der Waals surface area contributed by atoms with E-state index in [0.29, 0.717) is 5.56 Å². The number of amides is 1. The molecular formula is C31H25N5O7. The zero-order valence-electron chi connectivity index (χ0n) is 22.5. The van der Waals surface area contributed by atoms with E-state index in [1.165, 1.54) is 17.2 Å². The van der Waals surface area contributed by atoms with Gasteiger partial charge in [0.15, 0.2) is 35.4 Å². The van der Waals surface area contributed by atoms with Gasteiger partial charge in [-0.25, -0.2) is 24.5 Å². The first kappa shape index (κ1) is 27.7. The summed E-state index contributed by atoms with van der Waals surface area (Å²) in [5, 5.41) is 13.0. The third kappa shape index (κ3) is 5.69. The molecule has 12 nitrogen and oxygen atoms in total. The largest absolute Gasteiger partial charge is 0.452 e. The number of aliphatic hydroxyl groups excluding tert-OH is 1. The number of hydrogen-bond donors (Lipinski definition) is 2. The molecule has 4 atom stereocenters. The summed E-state index contributed by atoms with van der Waals surface area (Å²) >= 11 is 0. The van der Waals surface area contributed by atoms with Gasteiger partial charge in [-0.15, -0.1) is 0 Å². The van der Waals surface area contributed by atoms with E-state index in [-0.39, 0.29) is 28.1 Å². The second-order valence-electron chi connectivity index (χ2n) is 9.59. The van der Waals surface area contributed by atoms with Crippen LogP contribution in [-0.2, 0) is 14.2 Å². The molecule has 1 aliphatic rings. The number of aliphatic hydroxyl groups is 1. The Morgan fingerprint density at radius 3 is 1.91 bits per heavy atom. The lowest BCUT2D eigenvalue weighted by Crippen LogP contribution is -2.40. The number of aromatic nitrogens is 4. The van der Waals surface area contributed by atoms with Crippen LogP contribution in [0.4, 0.5) is 5.82 Å². The summed E-state index contributed by atoms with van der Waals surface area (Å²) in [5.41, 5.74) is 1.46. The highest BCUT2D eigenvalue weighted by Gasteiger charge is 2.51. The first-order valence-electron chi connectivity index (χ1n) is 13.4. The van der Waals surface area contributed by atoms with E-state index in [4.69, 9.17) is 14.2 Å². The number of benzene rings is 3. The first-order chi connectivity index (χ1) is 21.0. The Kier molecular flexibility index (Phi) is 7.85. The van der Waals surface area contributed by atoms with E-state index < -0.39 is 49.0 Å². The molecule has 0 aliphatic carbocycles. The summed E-state index contributed by atoms with van der Waals surface area (Å²) in [5.74, 6) is -1.61. The third-order valence-electron chi connectivity index (χ3n) is 6.87. The fourth-order valence-electron chi connectivity index (χ4n) is 4.78. The van der Waals surface area contributed by atoms with Crippen molar-refractivity contribution in [2.24, 2.45) is 0 Å². The Labute approximate surface area is 244 Å². The van der Waals surface area contributed by atoms with Crippen LogP contribution in [0.5, 0.6) is 0 Å². The molecule has 0 radical (unpaired) electrons. The number of carbonyl (C=O) groups is 3. The Morgan fingerprint density at radius 2 is 1.33 bits per heavy atom. The minimum Gasteiger partial charge on any atom is -0.452 e. The van der Waals surface area contributed by atoms with Crippen LogP contribution in [0.15, 0.2) is 104 Å². The van der Waals surface area contributed by atoms with Crippen molar-refractivity contribution >= 4 is 34.8 Å². The van der Waals surface area contributed by atoms with Gasteiger partial charge < -0.3 is 24.6 Å². The Hall–Kier alpha value is -5.46. The zero-order valence-corrected chi connectivity index (χ0v) is 22.5. The van der Waals surface area contributed by atoms with Gasteiger partial charge in [-0.2, -0.15) is 0 Å². The van der Waals surface area contributed by atoms with Crippen LogP contribution in [0, 0.1) is 0 Å². The number of hydrogen-bond acceptors (Lipinski definition) is 10. The molecule has 1 saturated heterocycles. The second-order valence-corrected chi connectivity index (χ2v) is 9.59. The van der Waals surface area contributed by atoms with E-state index in [0.717, 1.165) is 0 Å². The van der Waals surface area contributed by atoms with Gasteiger partial charge in [-0.3, -0.25) is 9.36 Å². The third-order valence-corrected chi connectivity index (χ3v) is 6.87. The normalized spacial score (nSPS) is 19.6. The standard InChI is InChI=1S/C31H25N5O7/c37-16-22-24(42-30(39)20-12-6-2-7-13-20)25(43-31(40)21-14-8-3-9-15-21)29(41-22)36-18-34-23-26(32-17-33-27(23)36)35-28(38)19-10-4-1-5-11-19/h1-15,17-18,22,24-25,29,37H,16H2,(H,32,33,35,38)/t22-,24-,25+,29-/m1/s1. The first-order valence-corrected chi connectivity index (χ1v) is 13.4. The minimum absolute atomic E-state index is 0.152. The fraction of sp³-hybridized carbons (Fsp3) is 0.161. The maximum absolute atomic E-state index is 13.2. The van der Waals surface area contributed by atoms with Crippen molar-refractivity contribution in [1.29, 1.82) is 0 Å². The number of esters is 2. The van der Waals surface area contributed by atoms with Crippen LogP contribution in [0.1, 0.15) is 37.3 Å². The lowest BCUT2D eigenvalue weighted by Gasteiger charge is -2.24. The van der Waals surface area contributed by atoms with Crippen molar-refractivity contribution in [1.82, 2.24) is 19.5 Å². The molecule has 3 aromatic carbocycles. The van der Waals surface area contributed by atoms with Gasteiger partial charge in [0.2, 0.25) is 0 Å². The summed E-state index contributed by atoms with van der Waals surface area (Å²) in [7, 11) is 0. The molecule has 6 rings (SSSR count). The molecule has 43 heavy (non-hydrogen) atoms. The van der Waals surface area contributed by atoms with Crippen LogP contribution in [0.3, 0.4) is 0 Å². The molecule has 0 spiro atoms. The van der Waals surface area contributed by atoms with Crippen molar-refractivity contribution in [2.75, 3.05) is 11.9 Å². The highest BCUT2D eigenvalue weighted by Crippen LogP contribution is 2.37. The van der Waals surface area contributed by atoms with Crippen molar-refractivity contribution in [3.63, 3.8) is 0 Å². The van der Waals surface area contributed by atoms with Gasteiger partial charge in [0, 0.05) is 5.56 Å². The number of rotatable bonds is 8. The zero-order chi connectivity index (χ0) is 29.8. The minimum atomic E-state index is -1.22. The summed E-state index contributed by atoms with van der Waals surface area (Å²) in [6, 6.07) is 25.2.